The summed E-state index contributed by atoms with van der Waals surface area (Å²) in [7, 11) is 0. The van der Waals surface area contributed by atoms with E-state index in [0.29, 0.717) is 10.6 Å². The Morgan fingerprint density at radius 1 is 1.14 bits per heavy atom. The largest absolute Gasteiger partial charge is 0.507 e. The van der Waals surface area contributed by atoms with Crippen molar-refractivity contribution >= 4 is 17.6 Å². The monoisotopic (exact) mass is 399 g/mol. The second-order valence-electron chi connectivity index (χ2n) is 6.21. The number of benzene rings is 2. The Balaban J connectivity index is 1.89. The van der Waals surface area contributed by atoms with Gasteiger partial charge in [-0.3, -0.25) is 4.98 Å². The molecular formula is C21H18ClNO5. The summed E-state index contributed by atoms with van der Waals surface area (Å²) in [6.07, 6.45) is 1.31. The van der Waals surface area contributed by atoms with Crippen molar-refractivity contribution in [2.45, 2.75) is 20.1 Å². The smallest absolute Gasteiger partial charge is 0.347 e. The number of ether oxygens (including phenoxy) is 2. The number of halogens is 1. The second-order valence-corrected chi connectivity index (χ2v) is 6.64. The number of carbonyl (C=O) groups excluding carboxylic acids is 1. The normalized spacial score (nSPS) is 11.7. The van der Waals surface area contributed by atoms with Crippen LogP contribution >= 0.6 is 11.6 Å². The number of aromatic nitrogens is 1. The molecule has 1 heterocycles. The molecule has 1 atom stereocenters. The number of phenols is 1. The number of aromatic hydroxyl groups is 1. The summed E-state index contributed by atoms with van der Waals surface area (Å²) >= 11 is 5.86. The minimum absolute atomic E-state index is 0.103. The highest BCUT2D eigenvalue weighted by molar-refractivity contribution is 6.30. The van der Waals surface area contributed by atoms with Crippen molar-refractivity contribution in [2.75, 3.05) is 0 Å². The molecule has 3 rings (SSSR count). The quantitative estimate of drug-likeness (QED) is 0.490. The maximum absolute atomic E-state index is 12.6. The van der Waals surface area contributed by atoms with E-state index in [4.69, 9.17) is 21.1 Å². The van der Waals surface area contributed by atoms with Gasteiger partial charge in [-0.05, 0) is 37.6 Å². The van der Waals surface area contributed by atoms with Crippen molar-refractivity contribution in [3.63, 3.8) is 0 Å². The van der Waals surface area contributed by atoms with E-state index in [1.54, 1.807) is 37.3 Å². The van der Waals surface area contributed by atoms with Crippen molar-refractivity contribution in [2.24, 2.45) is 0 Å². The molecule has 0 aliphatic carbocycles. The van der Waals surface area contributed by atoms with E-state index in [-0.39, 0.29) is 28.4 Å². The van der Waals surface area contributed by atoms with Crippen LogP contribution in [0.15, 0.2) is 54.9 Å². The Bertz CT molecular complexity index is 1000. The predicted octanol–water partition coefficient (Wildman–Crippen LogP) is 4.35. The SMILES string of the molecule is Cc1ccc(OC(O)c2c(C)cccc2O)c(C(=O)Oc2cncc(Cl)c2)c1. The zero-order valence-corrected chi connectivity index (χ0v) is 16.0. The van der Waals surface area contributed by atoms with E-state index in [9.17, 15) is 15.0 Å². The topological polar surface area (TPSA) is 88.9 Å². The van der Waals surface area contributed by atoms with Crippen LogP contribution in [0.2, 0.25) is 5.02 Å². The summed E-state index contributed by atoms with van der Waals surface area (Å²) < 4.78 is 10.9. The van der Waals surface area contributed by atoms with Crippen LogP contribution in [-0.4, -0.2) is 21.2 Å². The number of phenolic OH excluding ortho intramolecular Hbond substituents is 1. The van der Waals surface area contributed by atoms with Gasteiger partial charge in [0.1, 0.15) is 17.1 Å². The average molecular weight is 400 g/mol. The molecule has 0 saturated carbocycles. The van der Waals surface area contributed by atoms with Crippen LogP contribution in [0.5, 0.6) is 17.2 Å². The van der Waals surface area contributed by atoms with Gasteiger partial charge in [0.25, 0.3) is 0 Å². The Hall–Kier alpha value is -3.09. The van der Waals surface area contributed by atoms with Crippen LogP contribution in [0.25, 0.3) is 0 Å². The van der Waals surface area contributed by atoms with Gasteiger partial charge in [-0.15, -0.1) is 0 Å². The molecule has 1 aromatic heterocycles. The van der Waals surface area contributed by atoms with E-state index in [1.807, 2.05) is 6.92 Å². The van der Waals surface area contributed by atoms with E-state index < -0.39 is 12.3 Å². The summed E-state index contributed by atoms with van der Waals surface area (Å²) in [6.45, 7) is 3.54. The fraction of sp³-hybridized carbons (Fsp3) is 0.143. The zero-order valence-electron chi connectivity index (χ0n) is 15.2. The number of pyridine rings is 1. The van der Waals surface area contributed by atoms with Crippen LogP contribution in [-0.2, 0) is 0 Å². The third-order valence-corrected chi connectivity index (χ3v) is 4.24. The Morgan fingerprint density at radius 3 is 2.64 bits per heavy atom. The lowest BCUT2D eigenvalue weighted by Crippen LogP contribution is -2.14. The lowest BCUT2D eigenvalue weighted by atomic mass is 10.1. The molecule has 0 amide bonds. The number of carbonyl (C=O) groups is 1. The number of hydrogen-bond donors (Lipinski definition) is 2. The fourth-order valence-electron chi connectivity index (χ4n) is 2.68. The second kappa shape index (κ2) is 8.29. The predicted molar refractivity (Wildman–Crippen MR) is 104 cm³/mol. The number of rotatable bonds is 5. The molecule has 0 saturated heterocycles. The van der Waals surface area contributed by atoms with Gasteiger partial charge in [-0.2, -0.15) is 0 Å². The summed E-state index contributed by atoms with van der Waals surface area (Å²) in [5, 5.41) is 20.8. The maximum atomic E-state index is 12.6. The highest BCUT2D eigenvalue weighted by Gasteiger charge is 2.21. The molecule has 0 bridgehead atoms. The third-order valence-electron chi connectivity index (χ3n) is 4.03. The Labute approximate surface area is 167 Å². The van der Waals surface area contributed by atoms with Crippen molar-refractivity contribution in [1.82, 2.24) is 4.98 Å². The number of aliphatic hydroxyl groups excluding tert-OH is 1. The fourth-order valence-corrected chi connectivity index (χ4v) is 2.85. The highest BCUT2D eigenvalue weighted by atomic mass is 35.5. The lowest BCUT2D eigenvalue weighted by molar-refractivity contribution is -0.0220. The van der Waals surface area contributed by atoms with Gasteiger partial charge in [0.2, 0.25) is 6.29 Å². The van der Waals surface area contributed by atoms with Gasteiger partial charge in [-0.1, -0.05) is 35.4 Å². The van der Waals surface area contributed by atoms with E-state index in [0.717, 1.165) is 5.56 Å². The molecule has 2 aromatic carbocycles. The standard InChI is InChI=1S/C21H18ClNO5/c1-12-6-7-18(28-21(26)19-13(2)4-3-5-17(19)24)16(8-12)20(25)27-15-9-14(22)10-23-11-15/h3-11,21,24,26H,1-2H3. The summed E-state index contributed by atoms with van der Waals surface area (Å²) in [4.78, 5) is 16.5. The molecule has 28 heavy (non-hydrogen) atoms. The first-order valence-corrected chi connectivity index (χ1v) is 8.79. The molecule has 0 radical (unpaired) electrons. The molecular weight excluding hydrogens is 382 g/mol. The zero-order chi connectivity index (χ0) is 20.3. The number of aliphatic hydroxyl groups is 1. The Morgan fingerprint density at radius 2 is 1.93 bits per heavy atom. The van der Waals surface area contributed by atoms with Crippen molar-refractivity contribution in [3.05, 3.63) is 82.1 Å². The first kappa shape index (κ1) is 19.7. The van der Waals surface area contributed by atoms with Crippen LogP contribution in [0.1, 0.15) is 33.3 Å². The minimum Gasteiger partial charge on any atom is -0.507 e. The Kier molecular flexibility index (Phi) is 5.82. The number of nitrogens with zero attached hydrogens (tertiary/aromatic N) is 1. The molecule has 2 N–H and O–H groups in total. The lowest BCUT2D eigenvalue weighted by Gasteiger charge is -2.19. The van der Waals surface area contributed by atoms with E-state index in [2.05, 4.69) is 4.98 Å². The van der Waals surface area contributed by atoms with Crippen LogP contribution in [0, 0.1) is 13.8 Å². The molecule has 7 heteroatoms. The average Bonchev–Trinajstić information content (AvgIpc) is 2.63. The van der Waals surface area contributed by atoms with Gasteiger partial charge in [0.05, 0.1) is 16.8 Å². The van der Waals surface area contributed by atoms with Crippen LogP contribution < -0.4 is 9.47 Å². The van der Waals surface area contributed by atoms with Gasteiger partial charge in [0, 0.05) is 12.3 Å². The highest BCUT2D eigenvalue weighted by Crippen LogP contribution is 2.32. The van der Waals surface area contributed by atoms with Gasteiger partial charge in [0.15, 0.2) is 5.75 Å². The molecule has 0 aliphatic heterocycles. The maximum Gasteiger partial charge on any atom is 0.347 e. The molecule has 0 aliphatic rings. The molecule has 0 spiro atoms. The number of hydrogen-bond acceptors (Lipinski definition) is 6. The van der Waals surface area contributed by atoms with E-state index >= 15 is 0 Å². The van der Waals surface area contributed by atoms with Crippen molar-refractivity contribution in [3.8, 4) is 17.2 Å². The third kappa shape index (κ3) is 4.42. The molecule has 0 fully saturated rings. The number of esters is 1. The molecule has 6 nitrogen and oxygen atoms in total. The molecule has 144 valence electrons. The molecule has 1 unspecified atom stereocenters. The van der Waals surface area contributed by atoms with Gasteiger partial charge >= 0.3 is 5.97 Å². The summed E-state index contributed by atoms with van der Waals surface area (Å²) in [6, 6.07) is 11.2. The minimum atomic E-state index is -1.47. The molecule has 3 aromatic rings. The summed E-state index contributed by atoms with van der Waals surface area (Å²) in [5.41, 5.74) is 1.79. The van der Waals surface area contributed by atoms with Crippen LogP contribution in [0.3, 0.4) is 0 Å². The number of aryl methyl sites for hydroxylation is 2. The van der Waals surface area contributed by atoms with Crippen molar-refractivity contribution < 1.29 is 24.5 Å². The van der Waals surface area contributed by atoms with Gasteiger partial charge in [-0.25, -0.2) is 4.79 Å². The van der Waals surface area contributed by atoms with E-state index in [1.165, 1.54) is 24.5 Å². The first-order valence-electron chi connectivity index (χ1n) is 8.41. The first-order chi connectivity index (χ1) is 13.3. The van der Waals surface area contributed by atoms with Crippen LogP contribution in [0.4, 0.5) is 0 Å². The van der Waals surface area contributed by atoms with Crippen molar-refractivity contribution in [1.29, 1.82) is 0 Å². The summed E-state index contributed by atoms with van der Waals surface area (Å²) in [5.74, 6) is -0.500. The van der Waals surface area contributed by atoms with Gasteiger partial charge < -0.3 is 19.7 Å².